The fraction of sp³-hybridized carbons (Fsp3) is 0.200. The van der Waals surface area contributed by atoms with Gasteiger partial charge in [0, 0.05) is 41.9 Å². The van der Waals surface area contributed by atoms with Gasteiger partial charge in [0.15, 0.2) is 11.5 Å². The van der Waals surface area contributed by atoms with Gasteiger partial charge in [-0.2, -0.15) is 5.10 Å². The van der Waals surface area contributed by atoms with Crippen molar-refractivity contribution in [1.82, 2.24) is 39.8 Å². The molecule has 0 radical (unpaired) electrons. The van der Waals surface area contributed by atoms with Gasteiger partial charge >= 0.3 is 0 Å². The number of rotatable bonds is 10. The first-order valence-electron chi connectivity index (χ1n) is 13.9. The number of nitrogens with zero attached hydrogens (tertiary/aromatic N) is 5. The lowest BCUT2D eigenvalue weighted by molar-refractivity contribution is -0.116. The monoisotopic (exact) mass is 613 g/mol. The second-order valence-electron chi connectivity index (χ2n) is 10.4. The second-order valence-corrected chi connectivity index (χ2v) is 12.2. The molecule has 0 spiro atoms. The molecule has 0 unspecified atom stereocenters. The molecular weight excluding hydrogens is 585 g/mol. The molecule has 224 valence electrons. The van der Waals surface area contributed by atoms with Crippen LogP contribution in [0, 0.1) is 5.82 Å². The van der Waals surface area contributed by atoms with Crippen LogP contribution >= 0.6 is 0 Å². The number of fused-ring (bicyclic) bond motifs is 2. The molecule has 1 amide bonds. The zero-order valence-electron chi connectivity index (χ0n) is 23.8. The van der Waals surface area contributed by atoms with Crippen LogP contribution in [-0.2, 0) is 21.4 Å². The van der Waals surface area contributed by atoms with Gasteiger partial charge < -0.3 is 10.3 Å². The Hall–Kier alpha value is -5.08. The van der Waals surface area contributed by atoms with Crippen LogP contribution in [0.25, 0.3) is 56.0 Å². The van der Waals surface area contributed by atoms with Gasteiger partial charge in [-0.05, 0) is 53.9 Å². The molecule has 0 bridgehead atoms. The Morgan fingerprint density at radius 1 is 1.05 bits per heavy atom. The fourth-order valence-corrected chi connectivity index (χ4v) is 5.27. The molecule has 5 heterocycles. The van der Waals surface area contributed by atoms with E-state index in [1.165, 1.54) is 12.1 Å². The molecule has 4 N–H and O–H groups in total. The topological polar surface area (TPSA) is 171 Å². The quantitative estimate of drug-likeness (QED) is 0.168. The average molecular weight is 614 g/mol. The first-order chi connectivity index (χ1) is 21.2. The summed E-state index contributed by atoms with van der Waals surface area (Å²) in [5.41, 5.74) is 5.71. The Bertz CT molecular complexity index is 2130. The Balaban J connectivity index is 1.35. The summed E-state index contributed by atoms with van der Waals surface area (Å²) in [6, 6.07) is 9.76. The molecule has 6 rings (SSSR count). The highest BCUT2D eigenvalue weighted by Crippen LogP contribution is 2.32. The molecule has 6 aromatic rings. The zero-order valence-corrected chi connectivity index (χ0v) is 24.7. The molecule has 0 saturated heterocycles. The largest absolute Gasteiger partial charge is 0.325 e. The number of imidazole rings is 1. The number of nitrogens with one attached hydrogen (secondary N) is 4. The number of sulfonamides is 1. The van der Waals surface area contributed by atoms with Crippen LogP contribution in [0.2, 0.25) is 0 Å². The van der Waals surface area contributed by atoms with E-state index in [2.05, 4.69) is 40.2 Å². The molecular formula is C30H28FN9O3S. The van der Waals surface area contributed by atoms with Gasteiger partial charge in [-0.15, -0.1) is 0 Å². The van der Waals surface area contributed by atoms with Gasteiger partial charge in [0.2, 0.25) is 15.9 Å². The molecule has 0 atom stereocenters. The van der Waals surface area contributed by atoms with Gasteiger partial charge in [-0.1, -0.05) is 13.3 Å². The standard InChI is InChI=1S/C30H28FN9O3S/c1-3-4-5-26(41)36-21-11-19(14-32-15-21)24-12-23-25(16-34-24)39-40-28(23)30-37-27-22(6-7-33-29(27)38-30)18-8-17(9-20(31)10-18)13-35-44(2,42)43/h6-12,14-16,35H,3-5,13H2,1-2H3,(H,36,41)(H,39,40)(H,33,37,38). The highest BCUT2D eigenvalue weighted by Gasteiger charge is 2.18. The maximum atomic E-state index is 14.6. The third-order valence-corrected chi connectivity index (χ3v) is 7.61. The van der Waals surface area contributed by atoms with Crippen molar-refractivity contribution in [3.63, 3.8) is 0 Å². The molecule has 12 nitrogen and oxygen atoms in total. The van der Waals surface area contributed by atoms with E-state index in [0.717, 1.165) is 24.5 Å². The number of unbranched alkanes of at least 4 members (excludes halogenated alkanes) is 1. The normalized spacial score (nSPS) is 11.8. The van der Waals surface area contributed by atoms with Gasteiger partial charge in [-0.3, -0.25) is 19.9 Å². The number of benzene rings is 1. The second kappa shape index (κ2) is 11.9. The summed E-state index contributed by atoms with van der Waals surface area (Å²) in [7, 11) is -3.45. The van der Waals surface area contributed by atoms with Crippen molar-refractivity contribution in [3.8, 4) is 33.9 Å². The number of halogens is 1. The number of hydrogen-bond donors (Lipinski definition) is 4. The third-order valence-electron chi connectivity index (χ3n) is 6.94. The summed E-state index contributed by atoms with van der Waals surface area (Å²) in [6.07, 6.45) is 9.75. The number of pyridine rings is 3. The molecule has 0 aliphatic heterocycles. The highest BCUT2D eigenvalue weighted by molar-refractivity contribution is 7.88. The predicted molar refractivity (Wildman–Crippen MR) is 165 cm³/mol. The van der Waals surface area contributed by atoms with Gasteiger partial charge in [0.25, 0.3) is 0 Å². The molecule has 0 saturated carbocycles. The molecule has 0 aliphatic rings. The maximum absolute atomic E-state index is 14.6. The number of H-pyrrole nitrogens is 2. The van der Waals surface area contributed by atoms with E-state index in [1.54, 1.807) is 36.9 Å². The first-order valence-corrected chi connectivity index (χ1v) is 15.7. The summed E-state index contributed by atoms with van der Waals surface area (Å²) in [4.78, 5) is 33.5. The maximum Gasteiger partial charge on any atom is 0.224 e. The summed E-state index contributed by atoms with van der Waals surface area (Å²) in [5.74, 6) is -0.135. The Morgan fingerprint density at radius 2 is 1.91 bits per heavy atom. The van der Waals surface area contributed by atoms with Crippen LogP contribution in [0.15, 0.2) is 61.2 Å². The smallest absolute Gasteiger partial charge is 0.224 e. The lowest BCUT2D eigenvalue weighted by Crippen LogP contribution is -2.21. The molecule has 0 fully saturated rings. The van der Waals surface area contributed by atoms with Crippen LogP contribution in [0.4, 0.5) is 10.1 Å². The number of carbonyl (C=O) groups is 1. The van der Waals surface area contributed by atoms with Crippen molar-refractivity contribution in [2.45, 2.75) is 32.7 Å². The van der Waals surface area contributed by atoms with Crippen molar-refractivity contribution < 1.29 is 17.6 Å². The van der Waals surface area contributed by atoms with Crippen LogP contribution in [0.5, 0.6) is 0 Å². The minimum atomic E-state index is -3.45. The fourth-order valence-electron chi connectivity index (χ4n) is 4.84. The SMILES string of the molecule is CCCCC(=O)Nc1cncc(-c2cc3c(-c4nc5c(-c6cc(F)cc(CNS(C)(=O)=O)c6)ccnc5[nH]4)n[nH]c3cn2)c1. The van der Waals surface area contributed by atoms with E-state index in [4.69, 9.17) is 4.98 Å². The lowest BCUT2D eigenvalue weighted by Gasteiger charge is -2.08. The van der Waals surface area contributed by atoms with Gasteiger partial charge in [0.05, 0.1) is 35.5 Å². The van der Waals surface area contributed by atoms with E-state index in [0.29, 0.717) is 68.3 Å². The molecule has 5 aromatic heterocycles. The van der Waals surface area contributed by atoms with Crippen molar-refractivity contribution >= 4 is 43.7 Å². The number of anilines is 1. The van der Waals surface area contributed by atoms with Gasteiger partial charge in [-0.25, -0.2) is 27.5 Å². The average Bonchev–Trinajstić information content (AvgIpc) is 3.62. The van der Waals surface area contributed by atoms with E-state index >= 15 is 0 Å². The van der Waals surface area contributed by atoms with Crippen LogP contribution < -0.4 is 10.0 Å². The minimum Gasteiger partial charge on any atom is -0.325 e. The molecule has 44 heavy (non-hydrogen) atoms. The van der Waals surface area contributed by atoms with Crippen molar-refractivity contribution in [1.29, 1.82) is 0 Å². The number of amides is 1. The first kappa shape index (κ1) is 29.0. The number of aromatic amines is 2. The Kier molecular flexibility index (Phi) is 7.84. The summed E-state index contributed by atoms with van der Waals surface area (Å²) in [6.45, 7) is 1.98. The van der Waals surface area contributed by atoms with Gasteiger partial charge in [0.1, 0.15) is 17.0 Å². The van der Waals surface area contributed by atoms with E-state index < -0.39 is 15.8 Å². The van der Waals surface area contributed by atoms with Crippen molar-refractivity contribution in [3.05, 3.63) is 72.6 Å². The minimum absolute atomic E-state index is 0.0527. The van der Waals surface area contributed by atoms with Crippen LogP contribution in [0.3, 0.4) is 0 Å². The summed E-state index contributed by atoms with van der Waals surface area (Å²) in [5, 5.41) is 11.1. The van der Waals surface area contributed by atoms with Crippen LogP contribution in [0.1, 0.15) is 31.7 Å². The number of aromatic nitrogens is 7. The van der Waals surface area contributed by atoms with E-state index in [1.807, 2.05) is 19.1 Å². The third kappa shape index (κ3) is 6.31. The zero-order chi connectivity index (χ0) is 30.8. The molecule has 14 heteroatoms. The summed E-state index contributed by atoms with van der Waals surface area (Å²) >= 11 is 0. The Labute approximate surface area is 251 Å². The van der Waals surface area contributed by atoms with Crippen molar-refractivity contribution in [2.75, 3.05) is 11.6 Å². The predicted octanol–water partition coefficient (Wildman–Crippen LogP) is 4.94. The van der Waals surface area contributed by atoms with Crippen molar-refractivity contribution in [2.24, 2.45) is 0 Å². The highest BCUT2D eigenvalue weighted by atomic mass is 32.2. The van der Waals surface area contributed by atoms with E-state index in [9.17, 15) is 17.6 Å². The lowest BCUT2D eigenvalue weighted by atomic mass is 10.0. The molecule has 0 aliphatic carbocycles. The number of hydrogen-bond acceptors (Lipinski definition) is 8. The van der Waals surface area contributed by atoms with Crippen LogP contribution in [-0.4, -0.2) is 55.7 Å². The summed E-state index contributed by atoms with van der Waals surface area (Å²) < 4.78 is 40.1. The number of carbonyl (C=O) groups excluding carboxylic acids is 1. The Morgan fingerprint density at radius 3 is 2.73 bits per heavy atom. The molecule has 1 aromatic carbocycles. The van der Waals surface area contributed by atoms with E-state index in [-0.39, 0.29) is 12.5 Å².